The predicted octanol–water partition coefficient (Wildman–Crippen LogP) is 7.22. The summed E-state index contributed by atoms with van der Waals surface area (Å²) < 4.78 is 11.1. The van der Waals surface area contributed by atoms with E-state index < -0.39 is 0 Å². The van der Waals surface area contributed by atoms with Gasteiger partial charge >= 0.3 is 0 Å². The van der Waals surface area contributed by atoms with Crippen LogP contribution in [0.15, 0.2) is 72.8 Å². The highest BCUT2D eigenvalue weighted by molar-refractivity contribution is 8.73. The zero-order valence-corrected chi connectivity index (χ0v) is 17.0. The lowest BCUT2D eigenvalue weighted by atomic mass is 10.0. The van der Waals surface area contributed by atoms with Gasteiger partial charge in [-0.25, -0.2) is 0 Å². The molecule has 0 amide bonds. The Morgan fingerprint density at radius 1 is 0.692 bits per heavy atom. The van der Waals surface area contributed by atoms with Gasteiger partial charge in [0.2, 0.25) is 0 Å². The van der Waals surface area contributed by atoms with Crippen LogP contribution in [0, 0.1) is 0 Å². The Morgan fingerprint density at radius 2 is 1.08 bits per heavy atom. The summed E-state index contributed by atoms with van der Waals surface area (Å²) in [4.78, 5) is 0. The molecule has 2 rings (SSSR count). The van der Waals surface area contributed by atoms with Gasteiger partial charge in [0, 0.05) is 0 Å². The average Bonchev–Trinajstić information content (AvgIpc) is 2.71. The molecular weight excluding hydrogens is 360 g/mol. The van der Waals surface area contributed by atoms with E-state index in [1.54, 1.807) is 0 Å². The molecule has 2 aromatic carbocycles. The Hall–Kier alpha value is -1.46. The summed E-state index contributed by atoms with van der Waals surface area (Å²) >= 11 is 2.55. The van der Waals surface area contributed by atoms with Crippen LogP contribution in [0.3, 0.4) is 0 Å². The second kappa shape index (κ2) is 12.8. The summed E-state index contributed by atoms with van der Waals surface area (Å²) in [6.07, 6.45) is 6.25. The molecule has 0 fully saturated rings. The van der Waals surface area contributed by atoms with Crippen molar-refractivity contribution >= 4 is 33.3 Å². The van der Waals surface area contributed by atoms with Crippen LogP contribution in [0.5, 0.6) is 0 Å². The molecule has 0 atom stereocenters. The molecule has 0 heterocycles. The third-order valence-electron chi connectivity index (χ3n) is 3.97. The second-order valence-corrected chi connectivity index (χ2v) is 7.16. The van der Waals surface area contributed by atoms with Crippen LogP contribution >= 0.6 is 22.1 Å². The van der Waals surface area contributed by atoms with Gasteiger partial charge in [-0.3, -0.25) is 8.37 Å². The smallest absolute Gasteiger partial charge is 0.0928 e. The zero-order valence-electron chi connectivity index (χ0n) is 15.4. The van der Waals surface area contributed by atoms with Crippen LogP contribution in [0.2, 0.25) is 0 Å². The van der Waals surface area contributed by atoms with Crippen LogP contribution in [0.1, 0.15) is 37.8 Å². The van der Waals surface area contributed by atoms with E-state index in [1.165, 1.54) is 44.4 Å². The van der Waals surface area contributed by atoms with Crippen LogP contribution in [0.25, 0.3) is 11.1 Å². The number of hydrogen-bond donors (Lipinski definition) is 0. The van der Waals surface area contributed by atoms with E-state index in [2.05, 4.69) is 74.5 Å². The fraction of sp³-hybridized carbons (Fsp3) is 0.273. The summed E-state index contributed by atoms with van der Waals surface area (Å²) in [6.45, 7) is 5.46. The van der Waals surface area contributed by atoms with Crippen molar-refractivity contribution in [1.29, 1.82) is 0 Å². The van der Waals surface area contributed by atoms with E-state index >= 15 is 0 Å². The molecule has 0 aliphatic rings. The standard InChI is InChI=1S/C22H26O2S2/c1-3-19(21-11-7-5-8-12-21)15-17-23-25-26-24-18-16-20(4-2)22-13-9-6-10-14-22/h5-16H,3-4,17-18H2,1-2H3/b19-15+,20-16+. The van der Waals surface area contributed by atoms with Crippen molar-refractivity contribution in [3.05, 3.63) is 83.9 Å². The number of hydrogen-bond acceptors (Lipinski definition) is 4. The van der Waals surface area contributed by atoms with E-state index in [1.807, 2.05) is 12.1 Å². The van der Waals surface area contributed by atoms with Gasteiger partial charge in [0.25, 0.3) is 0 Å². The number of benzene rings is 2. The molecule has 138 valence electrons. The summed E-state index contributed by atoms with van der Waals surface area (Å²) in [5.74, 6) is 0. The maximum absolute atomic E-state index is 5.56. The zero-order chi connectivity index (χ0) is 18.5. The Balaban J connectivity index is 1.66. The minimum absolute atomic E-state index is 0.569. The Bertz CT molecular complexity index is 620. The molecule has 4 heteroatoms. The summed E-state index contributed by atoms with van der Waals surface area (Å²) in [5, 5.41) is 0. The summed E-state index contributed by atoms with van der Waals surface area (Å²) in [7, 11) is 0. The molecule has 2 nitrogen and oxygen atoms in total. The molecule has 0 aromatic heterocycles. The molecule has 0 unspecified atom stereocenters. The molecule has 0 aliphatic heterocycles. The van der Waals surface area contributed by atoms with Crippen molar-refractivity contribution in [3.8, 4) is 0 Å². The normalized spacial score (nSPS) is 12.4. The summed E-state index contributed by atoms with van der Waals surface area (Å²) in [5.41, 5.74) is 5.11. The van der Waals surface area contributed by atoms with Crippen LogP contribution < -0.4 is 0 Å². The van der Waals surface area contributed by atoms with Gasteiger partial charge in [-0.15, -0.1) is 0 Å². The van der Waals surface area contributed by atoms with Crippen molar-refractivity contribution in [2.45, 2.75) is 26.7 Å². The highest BCUT2D eigenvalue weighted by atomic mass is 33.1. The SMILES string of the molecule is CC/C(=C\COSSOC/C=C(\CC)c1ccccc1)c1ccccc1. The minimum Gasteiger partial charge on any atom is -0.299 e. The molecule has 0 radical (unpaired) electrons. The van der Waals surface area contributed by atoms with E-state index in [-0.39, 0.29) is 0 Å². The molecule has 0 bridgehead atoms. The molecule has 0 spiro atoms. The van der Waals surface area contributed by atoms with Gasteiger partial charge in [0.15, 0.2) is 0 Å². The van der Waals surface area contributed by atoms with Gasteiger partial charge in [-0.1, -0.05) is 86.7 Å². The quantitative estimate of drug-likeness (QED) is 0.230. The first-order chi connectivity index (χ1) is 12.8. The summed E-state index contributed by atoms with van der Waals surface area (Å²) in [6, 6.07) is 20.8. The van der Waals surface area contributed by atoms with Gasteiger partial charge in [0.05, 0.1) is 35.4 Å². The van der Waals surface area contributed by atoms with Crippen molar-refractivity contribution in [1.82, 2.24) is 0 Å². The maximum atomic E-state index is 5.56. The molecule has 26 heavy (non-hydrogen) atoms. The van der Waals surface area contributed by atoms with Gasteiger partial charge in [-0.2, -0.15) is 0 Å². The van der Waals surface area contributed by atoms with Gasteiger partial charge < -0.3 is 0 Å². The highest BCUT2D eigenvalue weighted by Crippen LogP contribution is 2.25. The van der Waals surface area contributed by atoms with Gasteiger partial charge in [0.1, 0.15) is 0 Å². The first-order valence-corrected chi connectivity index (χ1v) is 10.9. The average molecular weight is 387 g/mol. The fourth-order valence-electron chi connectivity index (χ4n) is 2.60. The van der Waals surface area contributed by atoms with Crippen LogP contribution in [-0.4, -0.2) is 13.2 Å². The van der Waals surface area contributed by atoms with Crippen molar-refractivity contribution in [2.75, 3.05) is 13.2 Å². The monoisotopic (exact) mass is 386 g/mol. The van der Waals surface area contributed by atoms with E-state index in [0.717, 1.165) is 12.8 Å². The first-order valence-electron chi connectivity index (χ1n) is 8.91. The topological polar surface area (TPSA) is 18.5 Å². The Morgan fingerprint density at radius 3 is 1.42 bits per heavy atom. The maximum Gasteiger partial charge on any atom is 0.0928 e. The van der Waals surface area contributed by atoms with E-state index in [4.69, 9.17) is 8.37 Å². The molecule has 2 aromatic rings. The number of allylic oxidation sites excluding steroid dienone is 2. The third kappa shape index (κ3) is 7.42. The lowest BCUT2D eigenvalue weighted by Gasteiger charge is -2.06. The molecule has 0 N–H and O–H groups in total. The van der Waals surface area contributed by atoms with Crippen LogP contribution in [-0.2, 0) is 8.37 Å². The third-order valence-corrected chi connectivity index (χ3v) is 5.23. The minimum atomic E-state index is 0.569. The molecule has 0 aliphatic carbocycles. The van der Waals surface area contributed by atoms with Crippen LogP contribution in [0.4, 0.5) is 0 Å². The van der Waals surface area contributed by atoms with Crippen molar-refractivity contribution < 1.29 is 8.37 Å². The van der Waals surface area contributed by atoms with E-state index in [0.29, 0.717) is 13.2 Å². The number of rotatable bonds is 11. The van der Waals surface area contributed by atoms with E-state index in [9.17, 15) is 0 Å². The molecule has 0 saturated heterocycles. The van der Waals surface area contributed by atoms with Crippen molar-refractivity contribution in [3.63, 3.8) is 0 Å². The second-order valence-electron chi connectivity index (χ2n) is 5.60. The Labute approximate surface area is 165 Å². The molecular formula is C22H26O2S2. The lowest BCUT2D eigenvalue weighted by Crippen LogP contribution is -1.88. The lowest BCUT2D eigenvalue weighted by molar-refractivity contribution is 0.421. The fourth-order valence-corrected chi connectivity index (χ4v) is 3.50. The largest absolute Gasteiger partial charge is 0.299 e. The predicted molar refractivity (Wildman–Crippen MR) is 117 cm³/mol. The Kier molecular flexibility index (Phi) is 10.3. The van der Waals surface area contributed by atoms with Crippen molar-refractivity contribution in [2.24, 2.45) is 0 Å². The first kappa shape index (κ1) is 20.8. The highest BCUT2D eigenvalue weighted by Gasteiger charge is 1.99. The van der Waals surface area contributed by atoms with Gasteiger partial charge in [-0.05, 0) is 35.1 Å². The molecule has 0 saturated carbocycles.